The van der Waals surface area contributed by atoms with Crippen molar-refractivity contribution in [2.45, 2.75) is 13.5 Å². The van der Waals surface area contributed by atoms with E-state index >= 15 is 0 Å². The minimum atomic E-state index is -0.912. The van der Waals surface area contributed by atoms with Gasteiger partial charge < -0.3 is 10.4 Å². The van der Waals surface area contributed by atoms with Crippen molar-refractivity contribution in [3.05, 3.63) is 59.4 Å². The average molecular weight is 242 g/mol. The van der Waals surface area contributed by atoms with E-state index < -0.39 is 5.97 Å². The first-order valence-corrected chi connectivity index (χ1v) is 5.64. The molecule has 0 aliphatic heterocycles. The lowest BCUT2D eigenvalue weighted by Gasteiger charge is -2.11. The number of carboxylic acid groups (broad SMARTS) is 1. The summed E-state index contributed by atoms with van der Waals surface area (Å²) in [4.78, 5) is 15.1. The third-order valence-corrected chi connectivity index (χ3v) is 2.72. The number of rotatable bonds is 4. The van der Waals surface area contributed by atoms with E-state index in [-0.39, 0.29) is 0 Å². The van der Waals surface area contributed by atoms with Gasteiger partial charge in [0, 0.05) is 24.6 Å². The fraction of sp³-hybridized carbons (Fsp3) is 0.143. The Morgan fingerprint density at radius 2 is 2.00 bits per heavy atom. The highest BCUT2D eigenvalue weighted by Gasteiger charge is 2.12. The molecule has 0 saturated carbocycles. The molecule has 2 aromatic rings. The molecule has 0 spiro atoms. The summed E-state index contributed by atoms with van der Waals surface area (Å²) >= 11 is 0. The zero-order chi connectivity index (χ0) is 13.0. The van der Waals surface area contributed by atoms with Crippen molar-refractivity contribution < 1.29 is 9.90 Å². The van der Waals surface area contributed by atoms with Crippen molar-refractivity contribution in [3.63, 3.8) is 0 Å². The van der Waals surface area contributed by atoms with Gasteiger partial charge in [-0.15, -0.1) is 0 Å². The summed E-state index contributed by atoms with van der Waals surface area (Å²) in [5, 5.41) is 12.3. The van der Waals surface area contributed by atoms with E-state index in [4.69, 9.17) is 0 Å². The molecule has 0 saturated heterocycles. The van der Waals surface area contributed by atoms with E-state index in [0.29, 0.717) is 17.8 Å². The van der Waals surface area contributed by atoms with Crippen molar-refractivity contribution >= 4 is 11.7 Å². The van der Waals surface area contributed by atoms with Crippen LogP contribution in [0.2, 0.25) is 0 Å². The molecule has 4 nitrogen and oxygen atoms in total. The first kappa shape index (κ1) is 12.1. The van der Waals surface area contributed by atoms with Crippen LogP contribution in [0.1, 0.15) is 21.5 Å². The molecule has 1 heterocycles. The van der Waals surface area contributed by atoms with Crippen LogP contribution in [-0.2, 0) is 6.54 Å². The molecule has 2 rings (SSSR count). The number of hydrogen-bond donors (Lipinski definition) is 2. The maximum Gasteiger partial charge on any atom is 0.338 e. The van der Waals surface area contributed by atoms with Crippen LogP contribution in [0, 0.1) is 6.92 Å². The summed E-state index contributed by atoms with van der Waals surface area (Å²) in [5.74, 6) is -0.912. The fourth-order valence-corrected chi connectivity index (χ4v) is 1.80. The summed E-state index contributed by atoms with van der Waals surface area (Å²) in [6.45, 7) is 2.37. The normalized spacial score (nSPS) is 10.1. The number of carbonyl (C=O) groups is 1. The first-order valence-electron chi connectivity index (χ1n) is 5.64. The Morgan fingerprint density at radius 1 is 1.28 bits per heavy atom. The van der Waals surface area contributed by atoms with E-state index in [9.17, 15) is 9.90 Å². The van der Waals surface area contributed by atoms with Crippen LogP contribution in [0.5, 0.6) is 0 Å². The van der Waals surface area contributed by atoms with E-state index in [2.05, 4.69) is 10.3 Å². The van der Waals surface area contributed by atoms with Crippen molar-refractivity contribution in [3.8, 4) is 0 Å². The number of nitrogens with zero attached hydrogens (tertiary/aromatic N) is 1. The zero-order valence-corrected chi connectivity index (χ0v) is 10.1. The molecule has 92 valence electrons. The van der Waals surface area contributed by atoms with Gasteiger partial charge in [-0.25, -0.2) is 4.79 Å². The molecule has 0 radical (unpaired) electrons. The number of nitrogens with one attached hydrogen (secondary N) is 1. The summed E-state index contributed by atoms with van der Waals surface area (Å²) < 4.78 is 0. The predicted molar refractivity (Wildman–Crippen MR) is 69.7 cm³/mol. The number of aromatic nitrogens is 1. The second-order valence-corrected chi connectivity index (χ2v) is 4.01. The highest BCUT2D eigenvalue weighted by atomic mass is 16.4. The van der Waals surface area contributed by atoms with Crippen molar-refractivity contribution in [2.75, 3.05) is 5.32 Å². The Kier molecular flexibility index (Phi) is 3.57. The van der Waals surface area contributed by atoms with Gasteiger partial charge in [0.1, 0.15) is 0 Å². The maximum absolute atomic E-state index is 11.2. The lowest BCUT2D eigenvalue weighted by atomic mass is 10.1. The largest absolute Gasteiger partial charge is 0.478 e. The minimum Gasteiger partial charge on any atom is -0.478 e. The van der Waals surface area contributed by atoms with E-state index in [1.54, 1.807) is 31.5 Å². The molecule has 0 fully saturated rings. The van der Waals surface area contributed by atoms with Gasteiger partial charge in [0.15, 0.2) is 0 Å². The molecule has 0 bridgehead atoms. The topological polar surface area (TPSA) is 62.2 Å². The fourth-order valence-electron chi connectivity index (χ4n) is 1.80. The number of aryl methyl sites for hydroxylation is 1. The molecule has 0 atom stereocenters. The number of benzene rings is 1. The molecular weight excluding hydrogens is 228 g/mol. The highest BCUT2D eigenvalue weighted by Crippen LogP contribution is 2.20. The number of pyridine rings is 1. The van der Waals surface area contributed by atoms with E-state index in [1.807, 2.05) is 18.2 Å². The Hall–Kier alpha value is -2.36. The molecule has 0 unspecified atom stereocenters. The third kappa shape index (κ3) is 2.66. The van der Waals surface area contributed by atoms with Gasteiger partial charge in [0.25, 0.3) is 0 Å². The molecule has 0 aliphatic rings. The summed E-state index contributed by atoms with van der Waals surface area (Å²) in [6.07, 6.45) is 3.43. The molecule has 0 aliphatic carbocycles. The smallest absolute Gasteiger partial charge is 0.338 e. The Morgan fingerprint density at radius 3 is 2.67 bits per heavy atom. The predicted octanol–water partition coefficient (Wildman–Crippen LogP) is 2.70. The zero-order valence-electron chi connectivity index (χ0n) is 10.1. The molecule has 18 heavy (non-hydrogen) atoms. The maximum atomic E-state index is 11.2. The van der Waals surface area contributed by atoms with Crippen LogP contribution in [0.15, 0.2) is 42.7 Å². The van der Waals surface area contributed by atoms with Gasteiger partial charge in [0.2, 0.25) is 0 Å². The molecule has 2 N–H and O–H groups in total. The van der Waals surface area contributed by atoms with E-state index in [0.717, 1.165) is 11.1 Å². The number of hydrogen-bond acceptors (Lipinski definition) is 3. The van der Waals surface area contributed by atoms with Crippen molar-refractivity contribution in [2.24, 2.45) is 0 Å². The quantitative estimate of drug-likeness (QED) is 0.865. The molecule has 0 amide bonds. The molecular formula is C14H14N2O2. The number of anilines is 1. The number of aromatic carboxylic acids is 1. The summed E-state index contributed by atoms with van der Waals surface area (Å²) in [6, 6.07) is 9.20. The van der Waals surface area contributed by atoms with Crippen molar-refractivity contribution in [1.29, 1.82) is 0 Å². The second-order valence-electron chi connectivity index (χ2n) is 4.01. The number of carboxylic acids is 1. The molecule has 1 aromatic heterocycles. The Balaban J connectivity index is 2.20. The van der Waals surface area contributed by atoms with Gasteiger partial charge in [-0.3, -0.25) is 4.98 Å². The van der Waals surface area contributed by atoms with Gasteiger partial charge >= 0.3 is 5.97 Å². The van der Waals surface area contributed by atoms with Crippen LogP contribution in [-0.4, -0.2) is 16.1 Å². The van der Waals surface area contributed by atoms with Crippen molar-refractivity contribution in [1.82, 2.24) is 4.98 Å². The summed E-state index contributed by atoms with van der Waals surface area (Å²) in [7, 11) is 0. The lowest BCUT2D eigenvalue weighted by molar-refractivity contribution is 0.0697. The van der Waals surface area contributed by atoms with Crippen LogP contribution < -0.4 is 5.32 Å². The van der Waals surface area contributed by atoms with Gasteiger partial charge in [-0.05, 0) is 36.2 Å². The third-order valence-electron chi connectivity index (χ3n) is 2.72. The minimum absolute atomic E-state index is 0.326. The SMILES string of the molecule is Cc1cccc(NCc2ccncc2)c1C(=O)O. The monoisotopic (exact) mass is 242 g/mol. The van der Waals surface area contributed by atoms with Crippen LogP contribution in [0.4, 0.5) is 5.69 Å². The van der Waals surface area contributed by atoms with Gasteiger partial charge in [-0.1, -0.05) is 12.1 Å². The van der Waals surface area contributed by atoms with E-state index in [1.165, 1.54) is 0 Å². The van der Waals surface area contributed by atoms with Crippen LogP contribution >= 0.6 is 0 Å². The lowest BCUT2D eigenvalue weighted by Crippen LogP contribution is -2.08. The summed E-state index contributed by atoms with van der Waals surface area (Å²) in [5.41, 5.74) is 2.77. The first-order chi connectivity index (χ1) is 8.68. The molecule has 4 heteroatoms. The Labute approximate surface area is 105 Å². The highest BCUT2D eigenvalue weighted by molar-refractivity contribution is 5.95. The second kappa shape index (κ2) is 5.31. The van der Waals surface area contributed by atoms with Crippen LogP contribution in [0.25, 0.3) is 0 Å². The Bertz CT molecular complexity index is 553. The van der Waals surface area contributed by atoms with Gasteiger partial charge in [-0.2, -0.15) is 0 Å². The molecule has 1 aromatic carbocycles. The van der Waals surface area contributed by atoms with Gasteiger partial charge in [0.05, 0.1) is 5.56 Å². The van der Waals surface area contributed by atoms with Crippen LogP contribution in [0.3, 0.4) is 0 Å². The standard InChI is InChI=1S/C14H14N2O2/c1-10-3-2-4-12(13(10)14(17)18)16-9-11-5-7-15-8-6-11/h2-8,16H,9H2,1H3,(H,17,18). The average Bonchev–Trinajstić information content (AvgIpc) is 2.37.